The van der Waals surface area contributed by atoms with Gasteiger partial charge in [0.1, 0.15) is 0 Å². The van der Waals surface area contributed by atoms with Crippen molar-refractivity contribution in [2.75, 3.05) is 13.1 Å². The molecule has 1 saturated heterocycles. The van der Waals surface area contributed by atoms with Crippen LogP contribution in [0, 0.1) is 19.8 Å². The van der Waals surface area contributed by atoms with Crippen molar-refractivity contribution in [2.45, 2.75) is 46.2 Å². The maximum Gasteiger partial charge on any atom is 0.0476 e. The Bertz CT molecular complexity index is 414. The molecule has 1 aliphatic rings. The highest BCUT2D eigenvalue weighted by Crippen LogP contribution is 2.33. The number of hydrogen-bond donors (Lipinski definition) is 1. The van der Waals surface area contributed by atoms with Crippen LogP contribution in [0.2, 0.25) is 0 Å². The highest BCUT2D eigenvalue weighted by molar-refractivity contribution is 5.33. The van der Waals surface area contributed by atoms with Crippen LogP contribution >= 0.6 is 0 Å². The van der Waals surface area contributed by atoms with Gasteiger partial charge in [-0.25, -0.2) is 0 Å². The van der Waals surface area contributed by atoms with Gasteiger partial charge in [-0.3, -0.25) is 4.90 Å². The van der Waals surface area contributed by atoms with E-state index >= 15 is 0 Å². The van der Waals surface area contributed by atoms with E-state index in [-0.39, 0.29) is 0 Å². The van der Waals surface area contributed by atoms with Crippen LogP contribution in [0.25, 0.3) is 0 Å². The van der Waals surface area contributed by atoms with Gasteiger partial charge in [0, 0.05) is 25.2 Å². The minimum atomic E-state index is 0.379. The highest BCUT2D eigenvalue weighted by Gasteiger charge is 2.32. The van der Waals surface area contributed by atoms with Gasteiger partial charge in [0.2, 0.25) is 0 Å². The topological polar surface area (TPSA) is 29.3 Å². The van der Waals surface area contributed by atoms with Crippen LogP contribution < -0.4 is 5.73 Å². The van der Waals surface area contributed by atoms with Crippen LogP contribution in [-0.4, -0.2) is 24.0 Å². The Morgan fingerprint density at radius 2 is 2.06 bits per heavy atom. The van der Waals surface area contributed by atoms with Crippen LogP contribution in [0.1, 0.15) is 43.0 Å². The molecular formula is C16H26N2. The lowest BCUT2D eigenvalue weighted by molar-refractivity contribution is 0.191. The molecule has 1 aromatic rings. The summed E-state index contributed by atoms with van der Waals surface area (Å²) in [6, 6.07) is 7.74. The summed E-state index contributed by atoms with van der Waals surface area (Å²) in [4.78, 5) is 2.59. The zero-order valence-electron chi connectivity index (χ0n) is 12.1. The van der Waals surface area contributed by atoms with Crippen LogP contribution in [0.5, 0.6) is 0 Å². The lowest BCUT2D eigenvalue weighted by Crippen LogP contribution is -2.36. The third-order valence-corrected chi connectivity index (χ3v) is 4.25. The second-order valence-electron chi connectivity index (χ2n) is 6.00. The first kappa shape index (κ1) is 13.6. The van der Waals surface area contributed by atoms with Gasteiger partial charge >= 0.3 is 0 Å². The fourth-order valence-corrected chi connectivity index (χ4v) is 3.33. The molecule has 1 aliphatic heterocycles. The molecule has 3 unspecified atom stereocenters. The molecule has 2 rings (SSSR count). The van der Waals surface area contributed by atoms with Crippen molar-refractivity contribution in [3.05, 3.63) is 34.9 Å². The summed E-state index contributed by atoms with van der Waals surface area (Å²) in [6.07, 6.45) is 1.29. The molecule has 2 N–H and O–H groups in total. The van der Waals surface area contributed by atoms with Gasteiger partial charge in [-0.1, -0.05) is 30.7 Å². The molecule has 1 aromatic carbocycles. The minimum Gasteiger partial charge on any atom is -0.329 e. The predicted molar refractivity (Wildman–Crippen MR) is 77.7 cm³/mol. The molecule has 1 fully saturated rings. The molecule has 0 spiro atoms. The van der Waals surface area contributed by atoms with Gasteiger partial charge in [0.05, 0.1) is 0 Å². The van der Waals surface area contributed by atoms with Crippen molar-refractivity contribution in [2.24, 2.45) is 11.7 Å². The average molecular weight is 246 g/mol. The van der Waals surface area contributed by atoms with Crippen molar-refractivity contribution in [1.29, 1.82) is 0 Å². The summed E-state index contributed by atoms with van der Waals surface area (Å²) < 4.78 is 0. The van der Waals surface area contributed by atoms with Crippen LogP contribution in [0.3, 0.4) is 0 Å². The molecule has 3 atom stereocenters. The highest BCUT2D eigenvalue weighted by atomic mass is 15.2. The van der Waals surface area contributed by atoms with E-state index in [0.29, 0.717) is 18.6 Å². The van der Waals surface area contributed by atoms with E-state index in [4.69, 9.17) is 5.73 Å². The fourth-order valence-electron chi connectivity index (χ4n) is 3.33. The van der Waals surface area contributed by atoms with Crippen molar-refractivity contribution in [3.8, 4) is 0 Å². The first-order valence-corrected chi connectivity index (χ1v) is 7.06. The van der Waals surface area contributed by atoms with Crippen LogP contribution in [0.4, 0.5) is 0 Å². The number of aryl methyl sites for hydroxylation is 2. The SMILES string of the molecule is Cc1ccc(C)c(C(CN)N2CC(C)CC2C)c1. The Hall–Kier alpha value is -0.860. The van der Waals surface area contributed by atoms with E-state index in [1.165, 1.54) is 29.7 Å². The second-order valence-corrected chi connectivity index (χ2v) is 6.00. The largest absolute Gasteiger partial charge is 0.329 e. The molecule has 0 amide bonds. The van der Waals surface area contributed by atoms with Crippen molar-refractivity contribution >= 4 is 0 Å². The molecule has 0 aromatic heterocycles. The third kappa shape index (κ3) is 2.60. The molecule has 2 heteroatoms. The Labute approximate surface area is 111 Å². The predicted octanol–water partition coefficient (Wildman–Crippen LogP) is 3.03. The maximum absolute atomic E-state index is 6.07. The van der Waals surface area contributed by atoms with E-state index in [0.717, 1.165) is 5.92 Å². The van der Waals surface area contributed by atoms with Gasteiger partial charge in [-0.15, -0.1) is 0 Å². The van der Waals surface area contributed by atoms with E-state index in [9.17, 15) is 0 Å². The Morgan fingerprint density at radius 1 is 1.33 bits per heavy atom. The summed E-state index contributed by atoms with van der Waals surface area (Å²) in [7, 11) is 0. The zero-order chi connectivity index (χ0) is 13.3. The number of rotatable bonds is 3. The first-order chi connectivity index (χ1) is 8.52. The molecule has 0 bridgehead atoms. The zero-order valence-corrected chi connectivity index (χ0v) is 12.1. The normalized spacial score (nSPS) is 26.5. The Morgan fingerprint density at radius 3 is 2.61 bits per heavy atom. The minimum absolute atomic E-state index is 0.379. The van der Waals surface area contributed by atoms with E-state index in [2.05, 4.69) is 50.8 Å². The molecule has 2 nitrogen and oxygen atoms in total. The van der Waals surface area contributed by atoms with E-state index in [1.54, 1.807) is 0 Å². The number of hydrogen-bond acceptors (Lipinski definition) is 2. The molecule has 100 valence electrons. The molecule has 1 heterocycles. The van der Waals surface area contributed by atoms with Crippen molar-refractivity contribution in [1.82, 2.24) is 4.90 Å². The van der Waals surface area contributed by atoms with Gasteiger partial charge in [0.25, 0.3) is 0 Å². The van der Waals surface area contributed by atoms with Gasteiger partial charge < -0.3 is 5.73 Å². The molecule has 18 heavy (non-hydrogen) atoms. The maximum atomic E-state index is 6.07. The fraction of sp³-hybridized carbons (Fsp3) is 0.625. The summed E-state index contributed by atoms with van der Waals surface area (Å²) >= 11 is 0. The average Bonchev–Trinajstić information content (AvgIpc) is 2.64. The Kier molecular flexibility index (Phi) is 4.08. The second kappa shape index (κ2) is 5.41. The van der Waals surface area contributed by atoms with Gasteiger partial charge in [-0.2, -0.15) is 0 Å². The van der Waals surface area contributed by atoms with Gasteiger partial charge in [-0.05, 0) is 44.2 Å². The number of benzene rings is 1. The summed E-state index contributed by atoms with van der Waals surface area (Å²) in [5, 5.41) is 0. The summed E-state index contributed by atoms with van der Waals surface area (Å²) in [6.45, 7) is 10.9. The third-order valence-electron chi connectivity index (χ3n) is 4.25. The monoisotopic (exact) mass is 246 g/mol. The quantitative estimate of drug-likeness (QED) is 0.888. The van der Waals surface area contributed by atoms with Gasteiger partial charge in [0.15, 0.2) is 0 Å². The van der Waals surface area contributed by atoms with Crippen LogP contribution in [0.15, 0.2) is 18.2 Å². The summed E-state index contributed by atoms with van der Waals surface area (Å²) in [5.41, 5.74) is 10.2. The van der Waals surface area contributed by atoms with Crippen molar-refractivity contribution < 1.29 is 0 Å². The smallest absolute Gasteiger partial charge is 0.0476 e. The molecule has 0 aliphatic carbocycles. The lowest BCUT2D eigenvalue weighted by atomic mass is 9.97. The molecule has 0 saturated carbocycles. The molecular weight excluding hydrogens is 220 g/mol. The Balaban J connectivity index is 2.30. The van der Waals surface area contributed by atoms with E-state index < -0.39 is 0 Å². The number of nitrogens with zero attached hydrogens (tertiary/aromatic N) is 1. The first-order valence-electron chi connectivity index (χ1n) is 7.06. The van der Waals surface area contributed by atoms with Crippen LogP contribution in [-0.2, 0) is 0 Å². The van der Waals surface area contributed by atoms with Crippen molar-refractivity contribution in [3.63, 3.8) is 0 Å². The summed E-state index contributed by atoms with van der Waals surface area (Å²) in [5.74, 6) is 0.791. The van der Waals surface area contributed by atoms with E-state index in [1.807, 2.05) is 0 Å². The standard InChI is InChI=1S/C16H26N2/c1-11-5-6-13(3)15(8-11)16(9-17)18-10-12(2)7-14(18)4/h5-6,8,12,14,16H,7,9-10,17H2,1-4H3. The number of likely N-dealkylation sites (tertiary alicyclic amines) is 1. The molecule has 0 radical (unpaired) electrons. The number of nitrogens with two attached hydrogens (primary N) is 1. The lowest BCUT2D eigenvalue weighted by Gasteiger charge is -2.32.